The molecule has 0 aromatic heterocycles. The summed E-state index contributed by atoms with van der Waals surface area (Å²) < 4.78 is 0. The zero-order valence-electron chi connectivity index (χ0n) is 8.87. The van der Waals surface area contributed by atoms with Crippen molar-refractivity contribution in [1.29, 1.82) is 0 Å². The average Bonchev–Trinajstić information content (AvgIpc) is 2.22. The van der Waals surface area contributed by atoms with Crippen LogP contribution in [-0.4, -0.2) is 18.1 Å². The lowest BCUT2D eigenvalue weighted by Crippen LogP contribution is -2.10. The van der Waals surface area contributed by atoms with Crippen molar-refractivity contribution in [3.63, 3.8) is 0 Å². The fraction of sp³-hybridized carbons (Fsp3) is 0.364. The molecule has 0 radical (unpaired) electrons. The second-order valence-electron chi connectivity index (χ2n) is 2.49. The molecule has 0 amide bonds. The third-order valence-electron chi connectivity index (χ3n) is 1.62. The highest BCUT2D eigenvalue weighted by molar-refractivity contribution is 5.89. The van der Waals surface area contributed by atoms with Crippen molar-refractivity contribution in [3.8, 4) is 0 Å². The number of carbonyl (C=O) groups is 1. The monoisotopic (exact) mass is 195 g/mol. The molecule has 0 aliphatic carbocycles. The Morgan fingerprint density at radius 1 is 1.36 bits per heavy atom. The summed E-state index contributed by atoms with van der Waals surface area (Å²) in [6.45, 7) is 4.59. The summed E-state index contributed by atoms with van der Waals surface area (Å²) in [7, 11) is 1.79. The highest BCUT2D eigenvalue weighted by Gasteiger charge is 2.06. The van der Waals surface area contributed by atoms with E-state index in [0.717, 1.165) is 5.56 Å². The summed E-state index contributed by atoms with van der Waals surface area (Å²) in [5, 5.41) is 11.7. The Morgan fingerprint density at radius 3 is 2.43 bits per heavy atom. The molecule has 1 aromatic carbocycles. The highest BCUT2D eigenvalue weighted by Crippen LogP contribution is 2.07. The van der Waals surface area contributed by atoms with Crippen LogP contribution < -0.4 is 5.32 Å². The molecule has 0 saturated carbocycles. The fourth-order valence-corrected chi connectivity index (χ4v) is 1.07. The van der Waals surface area contributed by atoms with Crippen molar-refractivity contribution in [2.75, 3.05) is 7.05 Å². The van der Waals surface area contributed by atoms with Crippen molar-refractivity contribution >= 4 is 5.97 Å². The maximum absolute atomic E-state index is 10.7. The van der Waals surface area contributed by atoms with Crippen LogP contribution >= 0.6 is 0 Å². The van der Waals surface area contributed by atoms with Gasteiger partial charge in [-0.25, -0.2) is 4.79 Å². The Morgan fingerprint density at radius 2 is 1.93 bits per heavy atom. The predicted octanol–water partition coefficient (Wildman–Crippen LogP) is 2.13. The van der Waals surface area contributed by atoms with E-state index in [1.807, 2.05) is 19.9 Å². The third kappa shape index (κ3) is 3.58. The van der Waals surface area contributed by atoms with Crippen molar-refractivity contribution in [1.82, 2.24) is 5.32 Å². The standard InChI is InChI=1S/C9H11NO2.C2H6/c1-10-6-7-4-2-3-5-8(7)9(11)12;1-2/h2-5,10H,6H2,1H3,(H,11,12);1-2H3. The van der Waals surface area contributed by atoms with Crippen LogP contribution in [0.1, 0.15) is 29.8 Å². The molecule has 78 valence electrons. The molecule has 14 heavy (non-hydrogen) atoms. The van der Waals surface area contributed by atoms with Crippen LogP contribution in [0.25, 0.3) is 0 Å². The van der Waals surface area contributed by atoms with Crippen LogP contribution in [0.5, 0.6) is 0 Å². The molecule has 0 heterocycles. The minimum absolute atomic E-state index is 0.367. The number of hydrogen-bond donors (Lipinski definition) is 2. The summed E-state index contributed by atoms with van der Waals surface area (Å²) >= 11 is 0. The number of aromatic carboxylic acids is 1. The Hall–Kier alpha value is -1.35. The number of carboxylic acids is 1. The summed E-state index contributed by atoms with van der Waals surface area (Å²) in [6, 6.07) is 6.97. The summed E-state index contributed by atoms with van der Waals surface area (Å²) in [4.78, 5) is 10.7. The second kappa shape index (κ2) is 7.09. The van der Waals surface area contributed by atoms with Gasteiger partial charge in [-0.1, -0.05) is 32.0 Å². The molecular formula is C11H17NO2. The van der Waals surface area contributed by atoms with Gasteiger partial charge in [0.1, 0.15) is 0 Å². The van der Waals surface area contributed by atoms with Gasteiger partial charge in [0.15, 0.2) is 0 Å². The maximum atomic E-state index is 10.7. The van der Waals surface area contributed by atoms with Gasteiger partial charge in [0.25, 0.3) is 0 Å². The number of benzene rings is 1. The van der Waals surface area contributed by atoms with Crippen molar-refractivity contribution in [2.45, 2.75) is 20.4 Å². The first-order valence-electron chi connectivity index (χ1n) is 4.71. The van der Waals surface area contributed by atoms with Gasteiger partial charge in [-0.3, -0.25) is 0 Å². The van der Waals surface area contributed by atoms with E-state index < -0.39 is 5.97 Å². The number of nitrogens with one attached hydrogen (secondary N) is 1. The van der Waals surface area contributed by atoms with Gasteiger partial charge in [0.2, 0.25) is 0 Å². The Balaban J connectivity index is 0.000000791. The molecule has 0 spiro atoms. The molecule has 0 aliphatic heterocycles. The lowest BCUT2D eigenvalue weighted by molar-refractivity contribution is 0.0695. The Kier molecular flexibility index (Phi) is 6.41. The third-order valence-corrected chi connectivity index (χ3v) is 1.62. The van der Waals surface area contributed by atoms with E-state index >= 15 is 0 Å². The largest absolute Gasteiger partial charge is 0.478 e. The first-order chi connectivity index (χ1) is 6.75. The fourth-order valence-electron chi connectivity index (χ4n) is 1.07. The van der Waals surface area contributed by atoms with Crippen molar-refractivity contribution in [2.24, 2.45) is 0 Å². The van der Waals surface area contributed by atoms with Gasteiger partial charge in [-0.15, -0.1) is 0 Å². The number of rotatable bonds is 3. The normalized spacial score (nSPS) is 8.79. The highest BCUT2D eigenvalue weighted by atomic mass is 16.4. The predicted molar refractivity (Wildman–Crippen MR) is 57.5 cm³/mol. The molecule has 1 rings (SSSR count). The summed E-state index contributed by atoms with van der Waals surface area (Å²) in [5.41, 5.74) is 1.18. The van der Waals surface area contributed by atoms with Crippen molar-refractivity contribution in [3.05, 3.63) is 35.4 Å². The van der Waals surface area contributed by atoms with Crippen LogP contribution in [-0.2, 0) is 6.54 Å². The van der Waals surface area contributed by atoms with Crippen LogP contribution in [0.2, 0.25) is 0 Å². The lowest BCUT2D eigenvalue weighted by Gasteiger charge is -2.03. The topological polar surface area (TPSA) is 49.3 Å². The van der Waals surface area contributed by atoms with Crippen LogP contribution in [0.3, 0.4) is 0 Å². The zero-order chi connectivity index (χ0) is 11.0. The Labute approximate surface area is 84.8 Å². The van der Waals surface area contributed by atoms with Gasteiger partial charge < -0.3 is 10.4 Å². The minimum atomic E-state index is -0.874. The molecule has 0 saturated heterocycles. The average molecular weight is 195 g/mol. The smallest absolute Gasteiger partial charge is 0.336 e. The second-order valence-corrected chi connectivity index (χ2v) is 2.49. The van der Waals surface area contributed by atoms with E-state index in [9.17, 15) is 4.79 Å². The summed E-state index contributed by atoms with van der Waals surface area (Å²) in [5.74, 6) is -0.874. The van der Waals surface area contributed by atoms with E-state index in [-0.39, 0.29) is 0 Å². The van der Waals surface area contributed by atoms with Gasteiger partial charge in [-0.05, 0) is 18.7 Å². The molecule has 0 atom stereocenters. The maximum Gasteiger partial charge on any atom is 0.336 e. The van der Waals surface area contributed by atoms with Gasteiger partial charge in [0.05, 0.1) is 5.56 Å². The van der Waals surface area contributed by atoms with Gasteiger partial charge >= 0.3 is 5.97 Å². The van der Waals surface area contributed by atoms with E-state index in [0.29, 0.717) is 12.1 Å². The zero-order valence-corrected chi connectivity index (χ0v) is 8.87. The quantitative estimate of drug-likeness (QED) is 0.776. The van der Waals surface area contributed by atoms with Crippen LogP contribution in [0.15, 0.2) is 24.3 Å². The van der Waals surface area contributed by atoms with Crippen LogP contribution in [0.4, 0.5) is 0 Å². The van der Waals surface area contributed by atoms with Gasteiger partial charge in [-0.2, -0.15) is 0 Å². The van der Waals surface area contributed by atoms with Crippen LogP contribution in [0, 0.1) is 0 Å². The van der Waals surface area contributed by atoms with Gasteiger partial charge in [0, 0.05) is 6.54 Å². The number of carboxylic acid groups (broad SMARTS) is 1. The summed E-state index contributed by atoms with van der Waals surface area (Å²) in [6.07, 6.45) is 0. The molecule has 3 nitrogen and oxygen atoms in total. The van der Waals surface area contributed by atoms with E-state index in [1.165, 1.54) is 0 Å². The van der Waals surface area contributed by atoms with E-state index in [1.54, 1.807) is 25.2 Å². The molecule has 0 unspecified atom stereocenters. The molecule has 0 fully saturated rings. The SMILES string of the molecule is CC.CNCc1ccccc1C(=O)O. The Bertz CT molecular complexity index is 284. The molecule has 2 N–H and O–H groups in total. The first kappa shape index (κ1) is 12.7. The van der Waals surface area contributed by atoms with Crippen molar-refractivity contribution < 1.29 is 9.90 Å². The first-order valence-corrected chi connectivity index (χ1v) is 4.71. The molecule has 1 aromatic rings. The van der Waals surface area contributed by atoms with E-state index in [2.05, 4.69) is 5.32 Å². The molecule has 0 aliphatic rings. The van der Waals surface area contributed by atoms with E-state index in [4.69, 9.17) is 5.11 Å². The molecular weight excluding hydrogens is 178 g/mol. The minimum Gasteiger partial charge on any atom is -0.478 e. The molecule has 3 heteroatoms. The molecule has 0 bridgehead atoms. The lowest BCUT2D eigenvalue weighted by atomic mass is 10.1. The number of hydrogen-bond acceptors (Lipinski definition) is 2.